The average Bonchev–Trinajstić information content (AvgIpc) is 3.03. The van der Waals surface area contributed by atoms with Crippen molar-refractivity contribution in [2.24, 2.45) is 0 Å². The maximum Gasteiger partial charge on any atom is 0.260 e. The zero-order valence-corrected chi connectivity index (χ0v) is 13.2. The highest BCUT2D eigenvalue weighted by atomic mass is 32.2. The summed E-state index contributed by atoms with van der Waals surface area (Å²) in [7, 11) is -3.53. The van der Waals surface area contributed by atoms with E-state index in [0.717, 1.165) is 12.8 Å². The van der Waals surface area contributed by atoms with Crippen LogP contribution >= 0.6 is 0 Å². The number of nitrogens with zero attached hydrogens (tertiary/aromatic N) is 2. The molecular formula is C13H22N4O3S. The summed E-state index contributed by atoms with van der Waals surface area (Å²) in [5.41, 5.74) is 0.683. The van der Waals surface area contributed by atoms with Gasteiger partial charge in [-0.2, -0.15) is 9.40 Å². The summed E-state index contributed by atoms with van der Waals surface area (Å²) in [5, 5.41) is 10.0. The number of rotatable bonds is 5. The van der Waals surface area contributed by atoms with Crippen molar-refractivity contribution in [2.75, 3.05) is 13.1 Å². The van der Waals surface area contributed by atoms with Gasteiger partial charge in [0.05, 0.1) is 18.4 Å². The van der Waals surface area contributed by atoms with Crippen molar-refractivity contribution in [2.45, 2.75) is 56.5 Å². The lowest BCUT2D eigenvalue weighted by atomic mass is 10.2. The minimum atomic E-state index is -3.53. The van der Waals surface area contributed by atoms with Crippen molar-refractivity contribution >= 4 is 10.0 Å². The Morgan fingerprint density at radius 2 is 2.10 bits per heavy atom. The van der Waals surface area contributed by atoms with Crippen LogP contribution in [0, 0.1) is 0 Å². The molecule has 2 bridgehead atoms. The summed E-state index contributed by atoms with van der Waals surface area (Å²) < 4.78 is 32.8. The minimum absolute atomic E-state index is 0.0404. The van der Waals surface area contributed by atoms with Gasteiger partial charge in [0.15, 0.2) is 5.03 Å². The van der Waals surface area contributed by atoms with Crippen molar-refractivity contribution in [3.63, 3.8) is 0 Å². The van der Waals surface area contributed by atoms with Gasteiger partial charge in [-0.25, -0.2) is 8.42 Å². The molecule has 2 fully saturated rings. The van der Waals surface area contributed by atoms with E-state index in [1.54, 1.807) is 6.20 Å². The van der Waals surface area contributed by atoms with E-state index < -0.39 is 10.0 Å². The first kappa shape index (κ1) is 15.0. The van der Waals surface area contributed by atoms with Crippen LogP contribution in [0.5, 0.6) is 0 Å². The topological polar surface area (TPSA) is 87.3 Å². The van der Waals surface area contributed by atoms with Crippen LogP contribution in [-0.2, 0) is 21.3 Å². The first-order valence-electron chi connectivity index (χ1n) is 7.38. The Morgan fingerprint density at radius 1 is 1.43 bits per heavy atom. The number of nitrogens with one attached hydrogen (secondary N) is 2. The minimum Gasteiger partial charge on any atom is -0.372 e. The Morgan fingerprint density at radius 3 is 2.71 bits per heavy atom. The molecule has 0 aromatic carbocycles. The summed E-state index contributed by atoms with van der Waals surface area (Å²) in [5.74, 6) is 0. The molecular weight excluding hydrogens is 292 g/mol. The normalized spacial score (nSPS) is 26.6. The number of aromatic nitrogens is 2. The van der Waals surface area contributed by atoms with E-state index in [-0.39, 0.29) is 23.3 Å². The van der Waals surface area contributed by atoms with Gasteiger partial charge >= 0.3 is 0 Å². The summed E-state index contributed by atoms with van der Waals surface area (Å²) in [4.78, 5) is 0. The molecule has 0 spiro atoms. The summed E-state index contributed by atoms with van der Waals surface area (Å²) >= 11 is 0. The molecule has 2 atom stereocenters. The second-order valence-corrected chi connectivity index (χ2v) is 7.91. The molecule has 1 aromatic rings. The van der Waals surface area contributed by atoms with Gasteiger partial charge in [0.2, 0.25) is 0 Å². The van der Waals surface area contributed by atoms with Crippen molar-refractivity contribution in [1.82, 2.24) is 19.8 Å². The number of H-pyrrole nitrogens is 1. The molecule has 7 nitrogen and oxygen atoms in total. The Balaban J connectivity index is 1.80. The maximum absolute atomic E-state index is 12.8. The summed E-state index contributed by atoms with van der Waals surface area (Å²) in [6.07, 6.45) is 3.55. The van der Waals surface area contributed by atoms with Gasteiger partial charge in [-0.3, -0.25) is 5.10 Å². The van der Waals surface area contributed by atoms with Gasteiger partial charge in [-0.05, 0) is 12.8 Å². The second-order valence-electron chi connectivity index (χ2n) is 6.04. The van der Waals surface area contributed by atoms with Crippen LogP contribution in [0.4, 0.5) is 0 Å². The Labute approximate surface area is 125 Å². The molecule has 0 saturated carbocycles. The SMILES string of the molecule is CC(C)NCc1cn[nH]c1S(=O)(=O)N1CC2CCC(C1)O2. The highest BCUT2D eigenvalue weighted by Gasteiger charge is 2.40. The van der Waals surface area contributed by atoms with Gasteiger partial charge in [0, 0.05) is 31.2 Å². The molecule has 0 radical (unpaired) electrons. The Hall–Kier alpha value is -0.960. The number of sulfonamides is 1. The molecule has 0 aliphatic carbocycles. The van der Waals surface area contributed by atoms with Crippen LogP contribution < -0.4 is 5.32 Å². The second kappa shape index (κ2) is 5.68. The zero-order chi connectivity index (χ0) is 15.0. The molecule has 118 valence electrons. The number of aromatic amines is 1. The molecule has 2 aliphatic heterocycles. The number of morpholine rings is 1. The third-order valence-electron chi connectivity index (χ3n) is 3.99. The standard InChI is InChI=1S/C13H22N4O3S/c1-9(2)14-5-10-6-15-16-13(10)21(18,19)17-7-11-3-4-12(8-17)20-11/h6,9,11-12,14H,3-5,7-8H2,1-2H3,(H,15,16). The fourth-order valence-electron chi connectivity index (χ4n) is 2.87. The molecule has 2 unspecified atom stereocenters. The molecule has 3 rings (SSSR count). The van der Waals surface area contributed by atoms with Crippen molar-refractivity contribution in [3.8, 4) is 0 Å². The van der Waals surface area contributed by atoms with Gasteiger partial charge in [0.1, 0.15) is 0 Å². The Bertz CT molecular complexity index is 586. The molecule has 2 saturated heterocycles. The largest absolute Gasteiger partial charge is 0.372 e. The lowest BCUT2D eigenvalue weighted by Gasteiger charge is -2.31. The van der Waals surface area contributed by atoms with E-state index in [9.17, 15) is 8.42 Å². The predicted molar refractivity (Wildman–Crippen MR) is 77.2 cm³/mol. The monoisotopic (exact) mass is 314 g/mol. The van der Waals surface area contributed by atoms with Crippen LogP contribution in [0.3, 0.4) is 0 Å². The van der Waals surface area contributed by atoms with Crippen molar-refractivity contribution < 1.29 is 13.2 Å². The van der Waals surface area contributed by atoms with Crippen LogP contribution in [0.15, 0.2) is 11.2 Å². The van der Waals surface area contributed by atoms with Crippen LogP contribution in [-0.4, -0.2) is 54.3 Å². The van der Waals surface area contributed by atoms with Gasteiger partial charge in [-0.1, -0.05) is 13.8 Å². The third-order valence-corrected chi connectivity index (χ3v) is 5.83. The smallest absolute Gasteiger partial charge is 0.260 e. The molecule has 2 N–H and O–H groups in total. The summed E-state index contributed by atoms with van der Waals surface area (Å²) in [6, 6.07) is 0.287. The number of hydrogen-bond acceptors (Lipinski definition) is 5. The maximum atomic E-state index is 12.8. The Kier molecular flexibility index (Phi) is 4.04. The van der Waals surface area contributed by atoms with Crippen molar-refractivity contribution in [1.29, 1.82) is 0 Å². The van der Waals surface area contributed by atoms with E-state index in [1.807, 2.05) is 13.8 Å². The molecule has 2 aliphatic rings. The highest BCUT2D eigenvalue weighted by molar-refractivity contribution is 7.89. The van der Waals surface area contributed by atoms with Gasteiger partial charge in [-0.15, -0.1) is 0 Å². The zero-order valence-electron chi connectivity index (χ0n) is 12.4. The predicted octanol–water partition coefficient (Wildman–Crippen LogP) is 0.460. The lowest BCUT2D eigenvalue weighted by Crippen LogP contribution is -2.46. The lowest BCUT2D eigenvalue weighted by molar-refractivity contribution is -0.0115. The van der Waals surface area contributed by atoms with Crippen LogP contribution in [0.2, 0.25) is 0 Å². The van der Waals surface area contributed by atoms with Gasteiger partial charge in [0.25, 0.3) is 10.0 Å². The molecule has 0 amide bonds. The fraction of sp³-hybridized carbons (Fsp3) is 0.769. The number of hydrogen-bond donors (Lipinski definition) is 2. The number of ether oxygens (including phenoxy) is 1. The highest BCUT2D eigenvalue weighted by Crippen LogP contribution is 2.30. The molecule has 8 heteroatoms. The van der Waals surface area contributed by atoms with Crippen LogP contribution in [0.1, 0.15) is 32.3 Å². The van der Waals surface area contributed by atoms with Crippen molar-refractivity contribution in [3.05, 3.63) is 11.8 Å². The number of fused-ring (bicyclic) bond motifs is 2. The average molecular weight is 314 g/mol. The third kappa shape index (κ3) is 2.98. The van der Waals surface area contributed by atoms with E-state index in [0.29, 0.717) is 25.2 Å². The van der Waals surface area contributed by atoms with E-state index >= 15 is 0 Å². The molecule has 21 heavy (non-hydrogen) atoms. The van der Waals surface area contributed by atoms with E-state index in [2.05, 4.69) is 15.5 Å². The van der Waals surface area contributed by atoms with Gasteiger partial charge < -0.3 is 10.1 Å². The van der Waals surface area contributed by atoms with Crippen LogP contribution in [0.25, 0.3) is 0 Å². The molecule has 1 aromatic heterocycles. The van der Waals surface area contributed by atoms with E-state index in [4.69, 9.17) is 4.74 Å². The first-order chi connectivity index (χ1) is 9.96. The summed E-state index contributed by atoms with van der Waals surface area (Å²) in [6.45, 7) is 5.41. The van der Waals surface area contributed by atoms with E-state index in [1.165, 1.54) is 4.31 Å². The quantitative estimate of drug-likeness (QED) is 0.824. The fourth-order valence-corrected chi connectivity index (χ4v) is 4.47. The first-order valence-corrected chi connectivity index (χ1v) is 8.82. The molecule has 3 heterocycles.